The van der Waals surface area contributed by atoms with Crippen molar-refractivity contribution >= 4 is 0 Å². The third-order valence-corrected chi connectivity index (χ3v) is 5.14. The van der Waals surface area contributed by atoms with Crippen LogP contribution in [0.1, 0.15) is 38.3 Å². The van der Waals surface area contributed by atoms with E-state index in [0.717, 1.165) is 23.1 Å². The van der Waals surface area contributed by atoms with Crippen molar-refractivity contribution < 1.29 is 9.13 Å². The van der Waals surface area contributed by atoms with Gasteiger partial charge in [-0.3, -0.25) is 0 Å². The summed E-state index contributed by atoms with van der Waals surface area (Å²) in [6.45, 7) is 4.33. The Hall–Kier alpha value is -1.35. The molecular formula is C18H24FNO. The van der Waals surface area contributed by atoms with Gasteiger partial charge in [0.1, 0.15) is 11.6 Å². The van der Waals surface area contributed by atoms with Gasteiger partial charge in [-0.15, -0.1) is 0 Å². The summed E-state index contributed by atoms with van der Waals surface area (Å²) in [6, 6.07) is 5.22. The van der Waals surface area contributed by atoms with Crippen LogP contribution in [0.25, 0.3) is 0 Å². The lowest BCUT2D eigenvalue weighted by molar-refractivity contribution is 0.303. The Morgan fingerprint density at radius 2 is 2.05 bits per heavy atom. The van der Waals surface area contributed by atoms with Crippen molar-refractivity contribution in [1.82, 2.24) is 5.32 Å². The van der Waals surface area contributed by atoms with E-state index in [0.29, 0.717) is 12.0 Å². The molecule has 0 heterocycles. The third-order valence-electron chi connectivity index (χ3n) is 5.14. The summed E-state index contributed by atoms with van der Waals surface area (Å²) in [5, 5.41) is 3.64. The zero-order valence-electron chi connectivity index (χ0n) is 13.0. The van der Waals surface area contributed by atoms with E-state index < -0.39 is 0 Å². The van der Waals surface area contributed by atoms with Crippen molar-refractivity contribution in [2.24, 2.45) is 17.8 Å². The van der Waals surface area contributed by atoms with Crippen LogP contribution in [-0.4, -0.2) is 13.2 Å². The molecule has 114 valence electrons. The maximum Gasteiger partial charge on any atom is 0.123 e. The third kappa shape index (κ3) is 2.84. The monoisotopic (exact) mass is 289 g/mol. The van der Waals surface area contributed by atoms with Gasteiger partial charge in [0.25, 0.3) is 0 Å². The molecule has 0 radical (unpaired) electrons. The van der Waals surface area contributed by atoms with Gasteiger partial charge in [-0.1, -0.05) is 12.2 Å². The fourth-order valence-electron chi connectivity index (χ4n) is 4.05. The van der Waals surface area contributed by atoms with E-state index in [-0.39, 0.29) is 11.9 Å². The summed E-state index contributed by atoms with van der Waals surface area (Å²) in [5.74, 6) is 2.73. The molecule has 0 spiro atoms. The lowest BCUT2D eigenvalue weighted by atomic mass is 9.87. The molecule has 1 N–H and O–H groups in total. The van der Waals surface area contributed by atoms with E-state index >= 15 is 0 Å². The molecule has 2 nitrogen and oxygen atoms in total. The molecule has 5 unspecified atom stereocenters. The standard InChI is InChI=1S/C18H24FNO/c1-11(16-9-13-4-5-14(16)8-13)20-12(2)17-10-15(19)6-7-18(17)21-3/h4-7,10-14,16,20H,8-9H2,1-3H3. The zero-order valence-corrected chi connectivity index (χ0v) is 13.0. The van der Waals surface area contributed by atoms with Gasteiger partial charge in [0, 0.05) is 17.6 Å². The molecule has 1 aromatic rings. The maximum atomic E-state index is 13.5. The van der Waals surface area contributed by atoms with Crippen molar-refractivity contribution in [3.8, 4) is 5.75 Å². The highest BCUT2D eigenvalue weighted by molar-refractivity contribution is 5.36. The van der Waals surface area contributed by atoms with E-state index in [9.17, 15) is 4.39 Å². The van der Waals surface area contributed by atoms with E-state index in [1.807, 2.05) is 0 Å². The number of benzene rings is 1. The molecule has 2 aliphatic carbocycles. The summed E-state index contributed by atoms with van der Waals surface area (Å²) >= 11 is 0. The minimum Gasteiger partial charge on any atom is -0.496 e. The number of hydrogen-bond donors (Lipinski definition) is 1. The fraction of sp³-hybridized carbons (Fsp3) is 0.556. The average molecular weight is 289 g/mol. The van der Waals surface area contributed by atoms with Gasteiger partial charge in [-0.05, 0) is 62.6 Å². The van der Waals surface area contributed by atoms with Crippen LogP contribution in [0.3, 0.4) is 0 Å². The lowest BCUT2D eigenvalue weighted by Crippen LogP contribution is -2.37. The van der Waals surface area contributed by atoms with Crippen LogP contribution in [0.5, 0.6) is 5.75 Å². The second-order valence-electron chi connectivity index (χ2n) is 6.51. The predicted molar refractivity (Wildman–Crippen MR) is 82.8 cm³/mol. The molecule has 0 aromatic heterocycles. The number of halogens is 1. The molecule has 2 aliphatic rings. The van der Waals surface area contributed by atoms with Crippen molar-refractivity contribution in [1.29, 1.82) is 0 Å². The summed E-state index contributed by atoms with van der Waals surface area (Å²) in [5.41, 5.74) is 0.892. The van der Waals surface area contributed by atoms with Crippen LogP contribution in [0, 0.1) is 23.6 Å². The highest BCUT2D eigenvalue weighted by atomic mass is 19.1. The Morgan fingerprint density at radius 3 is 2.67 bits per heavy atom. The van der Waals surface area contributed by atoms with Gasteiger partial charge in [0.2, 0.25) is 0 Å². The van der Waals surface area contributed by atoms with Crippen molar-refractivity contribution in [2.75, 3.05) is 7.11 Å². The first-order valence-electron chi connectivity index (χ1n) is 7.86. The minimum atomic E-state index is -0.213. The molecule has 1 saturated carbocycles. The molecule has 2 bridgehead atoms. The first-order valence-corrected chi connectivity index (χ1v) is 7.86. The van der Waals surface area contributed by atoms with Crippen LogP contribution in [-0.2, 0) is 0 Å². The second kappa shape index (κ2) is 5.80. The Bertz CT molecular complexity index is 542. The van der Waals surface area contributed by atoms with E-state index in [1.54, 1.807) is 19.2 Å². The predicted octanol–water partition coefficient (Wildman–Crippen LogP) is 4.09. The van der Waals surface area contributed by atoms with Gasteiger partial charge in [-0.25, -0.2) is 4.39 Å². The number of methoxy groups -OCH3 is 1. The number of nitrogens with one attached hydrogen (secondary N) is 1. The maximum absolute atomic E-state index is 13.5. The highest BCUT2D eigenvalue weighted by Crippen LogP contribution is 2.45. The SMILES string of the molecule is COc1ccc(F)cc1C(C)NC(C)C1CC2C=CC1C2. The van der Waals surface area contributed by atoms with Crippen LogP contribution in [0.2, 0.25) is 0 Å². The Morgan fingerprint density at radius 1 is 1.24 bits per heavy atom. The Labute approximate surface area is 126 Å². The fourth-order valence-corrected chi connectivity index (χ4v) is 4.05. The molecule has 0 amide bonds. The largest absolute Gasteiger partial charge is 0.496 e. The van der Waals surface area contributed by atoms with Crippen molar-refractivity contribution in [3.05, 3.63) is 41.7 Å². The Balaban J connectivity index is 1.70. The second-order valence-corrected chi connectivity index (χ2v) is 6.51. The minimum absolute atomic E-state index is 0.0776. The van der Waals surface area contributed by atoms with E-state index in [2.05, 4.69) is 31.3 Å². The molecule has 0 aliphatic heterocycles. The van der Waals surface area contributed by atoms with Gasteiger partial charge in [-0.2, -0.15) is 0 Å². The normalized spacial score (nSPS) is 29.6. The van der Waals surface area contributed by atoms with Gasteiger partial charge < -0.3 is 10.1 Å². The van der Waals surface area contributed by atoms with E-state index in [1.165, 1.54) is 18.9 Å². The number of allylic oxidation sites excluding steroid dienone is 2. The van der Waals surface area contributed by atoms with Crippen LogP contribution < -0.4 is 10.1 Å². The number of fused-ring (bicyclic) bond motifs is 2. The molecule has 1 fully saturated rings. The summed E-state index contributed by atoms with van der Waals surface area (Å²) in [4.78, 5) is 0. The van der Waals surface area contributed by atoms with E-state index in [4.69, 9.17) is 4.74 Å². The first kappa shape index (κ1) is 14.6. The molecule has 21 heavy (non-hydrogen) atoms. The quantitative estimate of drug-likeness (QED) is 0.825. The topological polar surface area (TPSA) is 21.3 Å². The zero-order chi connectivity index (χ0) is 15.0. The van der Waals surface area contributed by atoms with Crippen LogP contribution in [0.15, 0.2) is 30.4 Å². The number of hydrogen-bond acceptors (Lipinski definition) is 2. The highest BCUT2D eigenvalue weighted by Gasteiger charge is 2.38. The smallest absolute Gasteiger partial charge is 0.123 e. The number of rotatable bonds is 5. The van der Waals surface area contributed by atoms with Crippen LogP contribution in [0.4, 0.5) is 4.39 Å². The van der Waals surface area contributed by atoms with Crippen molar-refractivity contribution in [2.45, 2.75) is 38.8 Å². The van der Waals surface area contributed by atoms with Gasteiger partial charge in [0.15, 0.2) is 0 Å². The molecule has 0 saturated heterocycles. The molecule has 1 aromatic carbocycles. The summed E-state index contributed by atoms with van der Waals surface area (Å²) < 4.78 is 18.9. The molecule has 5 atom stereocenters. The van der Waals surface area contributed by atoms with Gasteiger partial charge >= 0.3 is 0 Å². The summed E-state index contributed by atoms with van der Waals surface area (Å²) in [7, 11) is 1.63. The number of ether oxygens (including phenoxy) is 1. The summed E-state index contributed by atoms with van der Waals surface area (Å²) in [6.07, 6.45) is 7.34. The molecule has 3 rings (SSSR count). The molecular weight excluding hydrogens is 265 g/mol. The Kier molecular flexibility index (Phi) is 4.03. The first-order chi connectivity index (χ1) is 10.1. The molecule has 3 heteroatoms. The van der Waals surface area contributed by atoms with Crippen LogP contribution >= 0.6 is 0 Å². The van der Waals surface area contributed by atoms with Crippen molar-refractivity contribution in [3.63, 3.8) is 0 Å². The van der Waals surface area contributed by atoms with Gasteiger partial charge in [0.05, 0.1) is 7.11 Å². The average Bonchev–Trinajstić information content (AvgIpc) is 3.09. The lowest BCUT2D eigenvalue weighted by Gasteiger charge is -2.29.